The fraction of sp³-hybridized carbons (Fsp3) is 0.316. The average molecular weight is 295 g/mol. The molecule has 1 aliphatic rings. The maximum Gasteiger partial charge on any atom is 0.142 e. The summed E-state index contributed by atoms with van der Waals surface area (Å²) in [5.41, 5.74) is 6.42. The zero-order valence-electron chi connectivity index (χ0n) is 13.8. The van der Waals surface area contributed by atoms with Crippen molar-refractivity contribution in [2.75, 3.05) is 30.0 Å². The van der Waals surface area contributed by atoms with Crippen LogP contribution < -0.4 is 14.5 Å². The summed E-state index contributed by atoms with van der Waals surface area (Å²) >= 11 is 0. The van der Waals surface area contributed by atoms with Crippen LogP contribution in [0.5, 0.6) is 5.75 Å². The topological polar surface area (TPSA) is 15.7 Å². The zero-order valence-corrected chi connectivity index (χ0v) is 13.8. The van der Waals surface area contributed by atoms with Crippen molar-refractivity contribution in [2.24, 2.45) is 0 Å². The molecule has 0 amide bonds. The lowest BCUT2D eigenvalue weighted by atomic mass is 10.0. The van der Waals surface area contributed by atoms with Crippen LogP contribution in [0.15, 0.2) is 36.4 Å². The van der Waals surface area contributed by atoms with E-state index in [0.717, 1.165) is 24.5 Å². The van der Waals surface area contributed by atoms with Gasteiger partial charge in [-0.3, -0.25) is 0 Å². The summed E-state index contributed by atoms with van der Waals surface area (Å²) in [5.74, 6) is 0.915. The Morgan fingerprint density at radius 2 is 1.55 bits per heavy atom. The van der Waals surface area contributed by atoms with Crippen molar-refractivity contribution >= 4 is 11.4 Å². The van der Waals surface area contributed by atoms with Crippen LogP contribution in [-0.4, -0.2) is 20.2 Å². The van der Waals surface area contributed by atoms with E-state index in [9.17, 15) is 0 Å². The highest BCUT2D eigenvalue weighted by molar-refractivity contribution is 5.67. The normalized spacial score (nSPS) is 14.5. The Kier molecular flexibility index (Phi) is 3.97. The molecule has 1 heterocycles. The summed E-state index contributed by atoms with van der Waals surface area (Å²) in [6.45, 7) is 10.7. The van der Waals surface area contributed by atoms with Gasteiger partial charge in [0.1, 0.15) is 12.4 Å². The smallest absolute Gasteiger partial charge is 0.142 e. The van der Waals surface area contributed by atoms with Gasteiger partial charge in [0.25, 0.3) is 0 Å². The average Bonchev–Trinajstić information content (AvgIpc) is 2.95. The molecule has 2 aromatic rings. The third-order valence-corrected chi connectivity index (χ3v) is 4.18. The van der Waals surface area contributed by atoms with Gasteiger partial charge in [0.05, 0.1) is 12.8 Å². The van der Waals surface area contributed by atoms with Crippen molar-refractivity contribution in [1.82, 2.24) is 0 Å². The van der Waals surface area contributed by atoms with Crippen molar-refractivity contribution in [3.63, 3.8) is 0 Å². The second kappa shape index (κ2) is 5.91. The van der Waals surface area contributed by atoms with Gasteiger partial charge in [-0.15, -0.1) is 0 Å². The largest absolute Gasteiger partial charge is 0.495 e. The van der Waals surface area contributed by atoms with Crippen molar-refractivity contribution < 1.29 is 4.74 Å². The summed E-state index contributed by atoms with van der Waals surface area (Å²) in [6, 6.07) is 12.7. The Balaban J connectivity index is 1.87. The first-order valence-corrected chi connectivity index (χ1v) is 7.69. The molecule has 0 atom stereocenters. The fourth-order valence-electron chi connectivity index (χ4n) is 3.34. The quantitative estimate of drug-likeness (QED) is 0.849. The molecule has 0 unspecified atom stereocenters. The van der Waals surface area contributed by atoms with Gasteiger partial charge < -0.3 is 14.5 Å². The number of anilines is 2. The van der Waals surface area contributed by atoms with Crippen molar-refractivity contribution in [1.29, 1.82) is 0 Å². The van der Waals surface area contributed by atoms with E-state index >= 15 is 0 Å². The molecule has 3 nitrogen and oxygen atoms in total. The SMILES string of the molecule is COc1ccccc1N1[CH]N(c2c(C)cc(C)cc2C)CC1. The first-order valence-electron chi connectivity index (χ1n) is 7.69. The van der Waals surface area contributed by atoms with Crippen molar-refractivity contribution in [3.8, 4) is 5.75 Å². The molecule has 115 valence electrons. The molecule has 0 aromatic heterocycles. The van der Waals surface area contributed by atoms with E-state index in [-0.39, 0.29) is 0 Å². The predicted octanol–water partition coefficient (Wildman–Crippen LogP) is 4.07. The predicted molar refractivity (Wildman–Crippen MR) is 92.6 cm³/mol. The number of ether oxygens (including phenoxy) is 1. The molecule has 0 bridgehead atoms. The van der Waals surface area contributed by atoms with Crippen LogP contribution in [0.2, 0.25) is 0 Å². The Hall–Kier alpha value is -2.16. The molecule has 22 heavy (non-hydrogen) atoms. The molecule has 1 fully saturated rings. The van der Waals surface area contributed by atoms with E-state index in [2.05, 4.69) is 61.5 Å². The fourth-order valence-corrected chi connectivity index (χ4v) is 3.34. The van der Waals surface area contributed by atoms with E-state index in [1.807, 2.05) is 12.1 Å². The van der Waals surface area contributed by atoms with E-state index in [1.54, 1.807) is 7.11 Å². The van der Waals surface area contributed by atoms with Crippen LogP contribution in [-0.2, 0) is 0 Å². The highest BCUT2D eigenvalue weighted by Crippen LogP contribution is 2.35. The lowest BCUT2D eigenvalue weighted by molar-refractivity contribution is 0.415. The minimum Gasteiger partial charge on any atom is -0.495 e. The van der Waals surface area contributed by atoms with Gasteiger partial charge in [0, 0.05) is 18.8 Å². The maximum atomic E-state index is 5.48. The van der Waals surface area contributed by atoms with Crippen LogP contribution in [0.4, 0.5) is 11.4 Å². The highest BCUT2D eigenvalue weighted by atomic mass is 16.5. The van der Waals surface area contributed by atoms with Crippen molar-refractivity contribution in [2.45, 2.75) is 20.8 Å². The summed E-state index contributed by atoms with van der Waals surface area (Å²) in [7, 11) is 1.72. The molecule has 0 saturated carbocycles. The summed E-state index contributed by atoms with van der Waals surface area (Å²) in [4.78, 5) is 4.61. The Morgan fingerprint density at radius 1 is 0.909 bits per heavy atom. The molecule has 2 aromatic carbocycles. The molecule has 3 heteroatoms. The third kappa shape index (κ3) is 2.63. The molecule has 1 radical (unpaired) electrons. The first kappa shape index (κ1) is 14.8. The zero-order chi connectivity index (χ0) is 15.7. The van der Waals surface area contributed by atoms with E-state index in [0.29, 0.717) is 0 Å². The van der Waals surface area contributed by atoms with Gasteiger partial charge in [-0.25, -0.2) is 0 Å². The van der Waals surface area contributed by atoms with Crippen molar-refractivity contribution in [3.05, 3.63) is 59.8 Å². The van der Waals surface area contributed by atoms with Crippen LogP contribution >= 0.6 is 0 Å². The number of para-hydroxylation sites is 2. The Bertz CT molecular complexity index is 658. The number of hydrogen-bond donors (Lipinski definition) is 0. The molecule has 1 saturated heterocycles. The maximum absolute atomic E-state index is 5.48. The molecule has 0 spiro atoms. The van der Waals surface area contributed by atoms with Gasteiger partial charge in [0.2, 0.25) is 0 Å². The Morgan fingerprint density at radius 3 is 2.23 bits per heavy atom. The molecule has 0 N–H and O–H groups in total. The molecular weight excluding hydrogens is 272 g/mol. The second-order valence-corrected chi connectivity index (χ2v) is 5.92. The van der Waals surface area contributed by atoms with Crippen LogP contribution in [0.3, 0.4) is 0 Å². The van der Waals surface area contributed by atoms with E-state index in [4.69, 9.17) is 4.74 Å². The lowest BCUT2D eigenvalue weighted by Crippen LogP contribution is -2.20. The van der Waals surface area contributed by atoms with Gasteiger partial charge >= 0.3 is 0 Å². The molecule has 1 aliphatic heterocycles. The summed E-state index contributed by atoms with van der Waals surface area (Å²) < 4.78 is 5.48. The number of benzene rings is 2. The number of aryl methyl sites for hydroxylation is 3. The number of methoxy groups -OCH3 is 1. The summed E-state index contributed by atoms with van der Waals surface area (Å²) in [6.07, 6.45) is 0. The Labute approximate surface area is 133 Å². The second-order valence-electron chi connectivity index (χ2n) is 5.92. The van der Waals surface area contributed by atoms with E-state index < -0.39 is 0 Å². The summed E-state index contributed by atoms with van der Waals surface area (Å²) in [5, 5.41) is 0. The van der Waals surface area contributed by atoms with Crippen LogP contribution in [0.1, 0.15) is 16.7 Å². The molecule has 3 rings (SSSR count). The number of nitrogens with zero attached hydrogens (tertiary/aromatic N) is 2. The minimum absolute atomic E-state index is 0.915. The van der Waals surface area contributed by atoms with Gasteiger partial charge in [0.15, 0.2) is 0 Å². The van der Waals surface area contributed by atoms with E-state index in [1.165, 1.54) is 22.4 Å². The monoisotopic (exact) mass is 295 g/mol. The van der Waals surface area contributed by atoms with Gasteiger partial charge in [-0.2, -0.15) is 0 Å². The minimum atomic E-state index is 0.915. The standard InChI is InChI=1S/C19H23N2O/c1-14-11-15(2)19(16(3)12-14)21-10-9-20(13-21)17-7-5-6-8-18(17)22-4/h5-8,11-13H,9-10H2,1-4H3. The van der Waals surface area contributed by atoms with Gasteiger partial charge in [-0.05, 0) is 44.0 Å². The van der Waals surface area contributed by atoms with Crippen LogP contribution in [0, 0.1) is 27.4 Å². The number of rotatable bonds is 3. The van der Waals surface area contributed by atoms with Crippen LogP contribution in [0.25, 0.3) is 0 Å². The lowest BCUT2D eigenvalue weighted by Gasteiger charge is -2.24. The molecule has 0 aliphatic carbocycles. The van der Waals surface area contributed by atoms with Gasteiger partial charge in [-0.1, -0.05) is 29.8 Å². The third-order valence-electron chi connectivity index (χ3n) is 4.18. The number of hydrogen-bond acceptors (Lipinski definition) is 3. The first-order chi connectivity index (χ1) is 10.6. The highest BCUT2D eigenvalue weighted by Gasteiger charge is 2.25. The molecular formula is C19H23N2O.